The van der Waals surface area contributed by atoms with Crippen molar-refractivity contribution in [1.82, 2.24) is 4.90 Å². The summed E-state index contributed by atoms with van der Waals surface area (Å²) in [6, 6.07) is 2.97. The molecule has 2 unspecified atom stereocenters. The smallest absolute Gasteiger partial charge is 0.235 e. The standard InChI is InChI=1S/C24H28N2O8/c1-9-10-7-6-8-11(27)12(10)15(28)14-19(31)24(34)18(30)13(20(25)32)16(29)17(26(4)5)23(24,3)21(33)22(9,14)2/h6-9,13-14,17,21,27,33-34H,1-5H3,(H2,25,32)/t9-,13?,14?,17+,21-,22+,23+,24+/m0/s1. The minimum atomic E-state index is -3.06. The number of hydrogen-bond donors (Lipinski definition) is 4. The maximum atomic E-state index is 14.0. The second-order valence-corrected chi connectivity index (χ2v) is 10.4. The number of phenols is 1. The molecule has 3 aliphatic rings. The number of benzene rings is 1. The second kappa shape index (κ2) is 7.03. The average Bonchev–Trinajstić information content (AvgIpc) is 2.73. The Kier molecular flexibility index (Phi) is 5.00. The first kappa shape index (κ1) is 24.2. The van der Waals surface area contributed by atoms with Crippen molar-refractivity contribution in [2.45, 2.75) is 44.4 Å². The number of hydrogen-bond acceptors (Lipinski definition) is 9. The van der Waals surface area contributed by atoms with Crippen LogP contribution in [0.5, 0.6) is 5.75 Å². The van der Waals surface area contributed by atoms with Gasteiger partial charge in [-0.3, -0.25) is 28.9 Å². The van der Waals surface area contributed by atoms with Crippen molar-refractivity contribution in [3.8, 4) is 5.75 Å². The van der Waals surface area contributed by atoms with Crippen molar-refractivity contribution in [2.24, 2.45) is 28.4 Å². The molecule has 1 amide bonds. The van der Waals surface area contributed by atoms with E-state index in [9.17, 15) is 39.3 Å². The number of aliphatic hydroxyl groups excluding tert-OH is 1. The molecule has 1 aromatic carbocycles. The lowest BCUT2D eigenvalue weighted by Gasteiger charge is -2.65. The maximum absolute atomic E-state index is 14.0. The lowest BCUT2D eigenvalue weighted by Crippen LogP contribution is -2.84. The van der Waals surface area contributed by atoms with E-state index in [2.05, 4.69) is 0 Å². The number of aliphatic hydroxyl groups is 2. The van der Waals surface area contributed by atoms with Crippen LogP contribution in [0.3, 0.4) is 0 Å². The average molecular weight is 472 g/mol. The van der Waals surface area contributed by atoms with Crippen molar-refractivity contribution < 1.29 is 39.3 Å². The largest absolute Gasteiger partial charge is 0.507 e. The van der Waals surface area contributed by atoms with Gasteiger partial charge in [-0.05, 0) is 31.6 Å². The molecule has 1 aromatic rings. The van der Waals surface area contributed by atoms with E-state index in [0.29, 0.717) is 5.56 Å². The Labute approximate surface area is 195 Å². The van der Waals surface area contributed by atoms with Crippen molar-refractivity contribution in [1.29, 1.82) is 0 Å². The van der Waals surface area contributed by atoms with Crippen molar-refractivity contribution in [3.05, 3.63) is 29.3 Å². The highest BCUT2D eigenvalue weighted by Crippen LogP contribution is 2.64. The van der Waals surface area contributed by atoms with E-state index in [4.69, 9.17) is 5.73 Å². The number of ketones is 4. The first-order valence-corrected chi connectivity index (χ1v) is 11.0. The monoisotopic (exact) mass is 472 g/mol. The molecule has 34 heavy (non-hydrogen) atoms. The van der Waals surface area contributed by atoms with Crippen LogP contribution < -0.4 is 5.73 Å². The summed E-state index contributed by atoms with van der Waals surface area (Å²) in [6.07, 6.45) is -1.73. The zero-order chi connectivity index (χ0) is 25.7. The molecule has 182 valence electrons. The van der Waals surface area contributed by atoms with Gasteiger partial charge in [-0.15, -0.1) is 0 Å². The highest BCUT2D eigenvalue weighted by Gasteiger charge is 2.81. The number of carbonyl (C=O) groups excluding carboxylic acids is 5. The normalized spacial score (nSPS) is 41.7. The van der Waals surface area contributed by atoms with Crippen LogP contribution in [-0.2, 0) is 19.2 Å². The molecular weight excluding hydrogens is 444 g/mol. The number of primary amides is 1. The second-order valence-electron chi connectivity index (χ2n) is 10.4. The van der Waals surface area contributed by atoms with Gasteiger partial charge in [-0.1, -0.05) is 32.9 Å². The maximum Gasteiger partial charge on any atom is 0.235 e. The minimum Gasteiger partial charge on any atom is -0.507 e. The van der Waals surface area contributed by atoms with Crippen LogP contribution in [0.1, 0.15) is 42.6 Å². The Bertz CT molecular complexity index is 1180. The molecule has 0 bridgehead atoms. The predicted molar refractivity (Wildman–Crippen MR) is 117 cm³/mol. The van der Waals surface area contributed by atoms with E-state index in [0.717, 1.165) is 0 Å². The molecule has 0 radical (unpaired) electrons. The first-order chi connectivity index (χ1) is 15.6. The zero-order valence-corrected chi connectivity index (χ0v) is 19.5. The Balaban J connectivity index is 2.08. The third-order valence-corrected chi connectivity index (χ3v) is 8.70. The summed E-state index contributed by atoms with van der Waals surface area (Å²) < 4.78 is 0. The molecule has 2 fully saturated rings. The Morgan fingerprint density at radius 1 is 1.09 bits per heavy atom. The van der Waals surface area contributed by atoms with Crippen molar-refractivity contribution >= 4 is 29.0 Å². The van der Waals surface area contributed by atoms with Gasteiger partial charge in [0, 0.05) is 5.41 Å². The third-order valence-electron chi connectivity index (χ3n) is 8.70. The number of Topliss-reactive ketones (excluding diaryl/α,β-unsaturated/α-hetero) is 4. The van der Waals surface area contributed by atoms with Crippen LogP contribution >= 0.6 is 0 Å². The predicted octanol–water partition coefficient (Wildman–Crippen LogP) is -0.821. The molecule has 0 saturated heterocycles. The Morgan fingerprint density at radius 3 is 2.21 bits per heavy atom. The summed E-state index contributed by atoms with van der Waals surface area (Å²) in [4.78, 5) is 67.9. The molecule has 10 nitrogen and oxygen atoms in total. The van der Waals surface area contributed by atoms with E-state index in [-0.39, 0.29) is 11.3 Å². The van der Waals surface area contributed by atoms with Crippen LogP contribution in [0.4, 0.5) is 0 Å². The quantitative estimate of drug-likeness (QED) is 0.401. The number of likely N-dealkylation sites (N-methyl/N-ethyl adjacent to an activating group) is 1. The lowest BCUT2D eigenvalue weighted by molar-refractivity contribution is -0.237. The van der Waals surface area contributed by atoms with E-state index < -0.39 is 75.4 Å². The van der Waals surface area contributed by atoms with Gasteiger partial charge in [0.1, 0.15) is 5.75 Å². The molecule has 5 N–H and O–H groups in total. The molecule has 3 aliphatic carbocycles. The van der Waals surface area contributed by atoms with E-state index in [1.54, 1.807) is 13.0 Å². The van der Waals surface area contributed by atoms with E-state index in [1.807, 2.05) is 0 Å². The molecular formula is C24H28N2O8. The first-order valence-electron chi connectivity index (χ1n) is 11.0. The van der Waals surface area contributed by atoms with Crippen LogP contribution in [0.25, 0.3) is 0 Å². The Hall–Kier alpha value is -2.95. The topological polar surface area (TPSA) is 175 Å². The summed E-state index contributed by atoms with van der Waals surface area (Å²) in [6.45, 7) is 4.43. The van der Waals surface area contributed by atoms with E-state index >= 15 is 0 Å². The third kappa shape index (κ3) is 2.38. The molecule has 8 atom stereocenters. The van der Waals surface area contributed by atoms with Gasteiger partial charge < -0.3 is 21.1 Å². The van der Waals surface area contributed by atoms with Crippen molar-refractivity contribution in [3.63, 3.8) is 0 Å². The highest BCUT2D eigenvalue weighted by molar-refractivity contribution is 6.33. The summed E-state index contributed by atoms with van der Waals surface area (Å²) in [5.41, 5.74) is -1.13. The number of fused-ring (bicyclic) bond motifs is 3. The summed E-state index contributed by atoms with van der Waals surface area (Å²) in [7, 11) is 2.91. The number of nitrogens with two attached hydrogens (primary N) is 1. The molecule has 10 heteroatoms. The summed E-state index contributed by atoms with van der Waals surface area (Å²) in [5.74, 6) is -10.7. The molecule has 0 aliphatic heterocycles. The van der Waals surface area contributed by atoms with Crippen molar-refractivity contribution in [2.75, 3.05) is 14.1 Å². The van der Waals surface area contributed by atoms with Crippen LogP contribution in [0, 0.1) is 22.7 Å². The van der Waals surface area contributed by atoms with Crippen LogP contribution in [0.2, 0.25) is 0 Å². The molecule has 4 rings (SSSR count). The molecule has 0 spiro atoms. The fraction of sp³-hybridized carbons (Fsp3) is 0.542. The number of aromatic hydroxyl groups is 1. The number of rotatable bonds is 2. The van der Waals surface area contributed by atoms with Crippen LogP contribution in [0.15, 0.2) is 18.2 Å². The van der Waals surface area contributed by atoms with Gasteiger partial charge in [0.05, 0.1) is 29.0 Å². The number of amides is 1. The van der Waals surface area contributed by atoms with Gasteiger partial charge in [-0.2, -0.15) is 0 Å². The van der Waals surface area contributed by atoms with Gasteiger partial charge in [-0.25, -0.2) is 0 Å². The van der Waals surface area contributed by atoms with Gasteiger partial charge in [0.15, 0.2) is 34.7 Å². The molecule has 0 heterocycles. The fourth-order valence-corrected chi connectivity index (χ4v) is 6.90. The van der Waals surface area contributed by atoms with E-state index in [1.165, 1.54) is 45.0 Å². The highest BCUT2D eigenvalue weighted by atomic mass is 16.3. The SMILES string of the molecule is C[C@H]1c2cccc(O)c2C(=O)C2C(=O)[C@]3(O)C(=O)C(C(N)=O)C(=O)[C@@H](N(C)C)[C@]3(C)[C@@H](O)[C@@]21C. The zero-order valence-electron chi connectivity index (χ0n) is 19.5. The number of nitrogens with zero attached hydrogens (tertiary/aromatic N) is 1. The number of carbonyl (C=O) groups is 5. The summed E-state index contributed by atoms with van der Waals surface area (Å²) >= 11 is 0. The Morgan fingerprint density at radius 2 is 1.68 bits per heavy atom. The van der Waals surface area contributed by atoms with Gasteiger partial charge in [0.2, 0.25) is 5.91 Å². The van der Waals surface area contributed by atoms with Crippen LogP contribution in [-0.4, -0.2) is 81.1 Å². The fourth-order valence-electron chi connectivity index (χ4n) is 6.90. The lowest BCUT2D eigenvalue weighted by atomic mass is 9.39. The van der Waals surface area contributed by atoms with Gasteiger partial charge >= 0.3 is 0 Å². The molecule has 2 saturated carbocycles. The summed E-state index contributed by atoms with van der Waals surface area (Å²) in [5, 5.41) is 34.1. The number of phenolic OH excluding ortho intramolecular Hbond substituents is 1. The molecule has 0 aromatic heterocycles. The van der Waals surface area contributed by atoms with Gasteiger partial charge in [0.25, 0.3) is 0 Å². The minimum absolute atomic E-state index is 0.125.